The van der Waals surface area contributed by atoms with Crippen molar-refractivity contribution in [2.45, 2.75) is 24.9 Å². The Morgan fingerprint density at radius 3 is 2.49 bits per heavy atom. The van der Waals surface area contributed by atoms with E-state index in [-0.39, 0.29) is 11.8 Å². The van der Waals surface area contributed by atoms with Gasteiger partial charge in [-0.15, -0.1) is 0 Å². The van der Waals surface area contributed by atoms with E-state index in [0.29, 0.717) is 36.6 Å². The van der Waals surface area contributed by atoms with Crippen molar-refractivity contribution >= 4 is 11.8 Å². The number of amides is 2. The molecule has 7 nitrogen and oxygen atoms in total. The second-order valence-corrected chi connectivity index (χ2v) is 8.73. The first-order chi connectivity index (χ1) is 17.0. The molecule has 0 unspecified atom stereocenters. The predicted octanol–water partition coefficient (Wildman–Crippen LogP) is 3.87. The zero-order valence-electron chi connectivity index (χ0n) is 20.0. The molecule has 3 aromatic carbocycles. The maximum atomic E-state index is 13.8. The second kappa shape index (κ2) is 9.33. The molecular weight excluding hydrogens is 444 g/mol. The first-order valence-electron chi connectivity index (χ1n) is 11.6. The Morgan fingerprint density at radius 1 is 0.943 bits per heavy atom. The molecule has 35 heavy (non-hydrogen) atoms. The van der Waals surface area contributed by atoms with Crippen LogP contribution in [0.4, 0.5) is 0 Å². The van der Waals surface area contributed by atoms with Crippen molar-refractivity contribution in [1.82, 2.24) is 10.2 Å². The summed E-state index contributed by atoms with van der Waals surface area (Å²) in [6, 6.07) is 18.5. The fraction of sp³-hybridized carbons (Fsp3) is 0.286. The van der Waals surface area contributed by atoms with E-state index >= 15 is 0 Å². The van der Waals surface area contributed by atoms with E-state index in [1.54, 1.807) is 27.4 Å². The monoisotopic (exact) mass is 472 g/mol. The Bertz CT molecular complexity index is 1290. The number of nitrogens with one attached hydrogen (secondary N) is 1. The Balaban J connectivity index is 1.56. The quantitative estimate of drug-likeness (QED) is 0.590. The third kappa shape index (κ3) is 3.97. The average molecular weight is 473 g/mol. The fourth-order valence-corrected chi connectivity index (χ4v) is 5.22. The summed E-state index contributed by atoms with van der Waals surface area (Å²) in [4.78, 5) is 29.1. The molecule has 180 valence electrons. The van der Waals surface area contributed by atoms with Crippen molar-refractivity contribution in [1.29, 1.82) is 0 Å². The molecule has 0 fully saturated rings. The molecule has 2 aliphatic heterocycles. The Labute approximate surface area is 204 Å². The first kappa shape index (κ1) is 22.8. The summed E-state index contributed by atoms with van der Waals surface area (Å²) in [7, 11) is 4.81. The number of fused-ring (bicyclic) bond motifs is 4. The van der Waals surface area contributed by atoms with E-state index in [1.807, 2.05) is 59.5 Å². The molecule has 5 rings (SSSR count). The summed E-state index contributed by atoms with van der Waals surface area (Å²) in [6.07, 6.45) is 0.679. The number of hydrogen-bond acceptors (Lipinski definition) is 5. The van der Waals surface area contributed by atoms with E-state index in [2.05, 4.69) is 5.32 Å². The summed E-state index contributed by atoms with van der Waals surface area (Å²) in [5.41, 5.74) is 4.23. The maximum Gasteiger partial charge on any atom is 0.254 e. The molecule has 0 spiro atoms. The van der Waals surface area contributed by atoms with Crippen LogP contribution in [0.15, 0.2) is 60.7 Å². The van der Waals surface area contributed by atoms with Crippen LogP contribution < -0.4 is 19.5 Å². The van der Waals surface area contributed by atoms with Crippen molar-refractivity contribution in [3.05, 3.63) is 88.5 Å². The third-order valence-electron chi connectivity index (χ3n) is 6.91. The van der Waals surface area contributed by atoms with Gasteiger partial charge in [-0.2, -0.15) is 0 Å². The van der Waals surface area contributed by atoms with Gasteiger partial charge in [-0.3, -0.25) is 9.59 Å². The van der Waals surface area contributed by atoms with Crippen molar-refractivity contribution in [3.63, 3.8) is 0 Å². The van der Waals surface area contributed by atoms with Gasteiger partial charge in [0.05, 0.1) is 33.3 Å². The zero-order chi connectivity index (χ0) is 24.5. The number of hydrogen-bond donors (Lipinski definition) is 1. The van der Waals surface area contributed by atoms with Crippen LogP contribution in [-0.2, 0) is 17.8 Å². The highest BCUT2D eigenvalue weighted by atomic mass is 16.5. The standard InChI is InChI=1S/C28H28N2O5/c1-33-19-8-6-7-17(13-19)16-29-27(31)25-20-9-4-5-10-21(20)28(32)30-12-11-18-14-23(34-2)24(35-3)15-22(18)26(25)30/h4-10,13-15,25-26H,11-12,16H2,1-3H3,(H,29,31)/t25-,26-/m1/s1. The second-order valence-electron chi connectivity index (χ2n) is 8.73. The minimum Gasteiger partial charge on any atom is -0.497 e. The van der Waals surface area contributed by atoms with Crippen LogP contribution in [0.25, 0.3) is 0 Å². The number of benzene rings is 3. The largest absolute Gasteiger partial charge is 0.497 e. The van der Waals surface area contributed by atoms with Crippen LogP contribution in [0.5, 0.6) is 17.2 Å². The zero-order valence-corrected chi connectivity index (χ0v) is 20.0. The molecule has 2 atom stereocenters. The van der Waals surface area contributed by atoms with E-state index in [0.717, 1.165) is 28.0 Å². The minimum atomic E-state index is -0.563. The van der Waals surface area contributed by atoms with Crippen LogP contribution in [0, 0.1) is 0 Å². The molecule has 7 heteroatoms. The topological polar surface area (TPSA) is 77.1 Å². The highest BCUT2D eigenvalue weighted by Crippen LogP contribution is 2.48. The van der Waals surface area contributed by atoms with Gasteiger partial charge in [0.15, 0.2) is 11.5 Å². The van der Waals surface area contributed by atoms with Gasteiger partial charge in [-0.05, 0) is 59.0 Å². The summed E-state index contributed by atoms with van der Waals surface area (Å²) in [5, 5.41) is 3.10. The SMILES string of the molecule is COc1cccc(CNC(=O)[C@@H]2c3ccccc3C(=O)N3CCc4cc(OC)c(OC)cc4[C@H]23)c1. The van der Waals surface area contributed by atoms with Gasteiger partial charge in [0.2, 0.25) is 5.91 Å². The Hall–Kier alpha value is -4.00. The first-order valence-corrected chi connectivity index (χ1v) is 11.6. The molecule has 0 bridgehead atoms. The lowest BCUT2D eigenvalue weighted by molar-refractivity contribution is -0.124. The molecule has 0 aliphatic carbocycles. The van der Waals surface area contributed by atoms with E-state index < -0.39 is 12.0 Å². The number of rotatable bonds is 6. The minimum absolute atomic E-state index is 0.0529. The molecule has 2 amide bonds. The molecule has 2 heterocycles. The van der Waals surface area contributed by atoms with Gasteiger partial charge in [0, 0.05) is 18.7 Å². The Kier molecular flexibility index (Phi) is 6.07. The summed E-state index contributed by atoms with van der Waals surface area (Å²) >= 11 is 0. The molecular formula is C28H28N2O5. The van der Waals surface area contributed by atoms with Gasteiger partial charge in [0.1, 0.15) is 5.75 Å². The van der Waals surface area contributed by atoms with Crippen LogP contribution >= 0.6 is 0 Å². The highest BCUT2D eigenvalue weighted by Gasteiger charge is 2.46. The summed E-state index contributed by atoms with van der Waals surface area (Å²) in [5.74, 6) is 1.20. The van der Waals surface area contributed by atoms with E-state index in [4.69, 9.17) is 14.2 Å². The number of carbonyl (C=O) groups is 2. The van der Waals surface area contributed by atoms with Crippen molar-refractivity contribution < 1.29 is 23.8 Å². The number of carbonyl (C=O) groups excluding carboxylic acids is 2. The molecule has 0 saturated carbocycles. The van der Waals surface area contributed by atoms with Crippen LogP contribution in [0.2, 0.25) is 0 Å². The lowest BCUT2D eigenvalue weighted by Gasteiger charge is -2.45. The lowest BCUT2D eigenvalue weighted by Crippen LogP contribution is -2.50. The molecule has 1 N–H and O–H groups in total. The number of ether oxygens (including phenoxy) is 3. The van der Waals surface area contributed by atoms with Crippen LogP contribution in [0.3, 0.4) is 0 Å². The molecule has 0 aromatic heterocycles. The highest BCUT2D eigenvalue weighted by molar-refractivity contribution is 6.01. The fourth-order valence-electron chi connectivity index (χ4n) is 5.22. The predicted molar refractivity (Wildman–Crippen MR) is 131 cm³/mol. The van der Waals surface area contributed by atoms with Gasteiger partial charge in [-0.1, -0.05) is 30.3 Å². The lowest BCUT2D eigenvalue weighted by atomic mass is 9.75. The van der Waals surface area contributed by atoms with Gasteiger partial charge < -0.3 is 24.4 Å². The third-order valence-corrected chi connectivity index (χ3v) is 6.91. The number of nitrogens with zero attached hydrogens (tertiary/aromatic N) is 1. The van der Waals surface area contributed by atoms with Gasteiger partial charge in [0.25, 0.3) is 5.91 Å². The molecule has 3 aromatic rings. The molecule has 0 radical (unpaired) electrons. The average Bonchev–Trinajstić information content (AvgIpc) is 2.91. The summed E-state index contributed by atoms with van der Waals surface area (Å²) in [6.45, 7) is 0.883. The van der Waals surface area contributed by atoms with Crippen LogP contribution in [0.1, 0.15) is 44.6 Å². The van der Waals surface area contributed by atoms with Gasteiger partial charge in [-0.25, -0.2) is 0 Å². The van der Waals surface area contributed by atoms with Crippen molar-refractivity contribution in [2.24, 2.45) is 0 Å². The Morgan fingerprint density at radius 2 is 1.71 bits per heavy atom. The summed E-state index contributed by atoms with van der Waals surface area (Å²) < 4.78 is 16.4. The van der Waals surface area contributed by atoms with E-state index in [1.165, 1.54) is 0 Å². The molecule has 0 saturated heterocycles. The van der Waals surface area contributed by atoms with Crippen molar-refractivity contribution in [3.8, 4) is 17.2 Å². The van der Waals surface area contributed by atoms with Crippen LogP contribution in [-0.4, -0.2) is 44.6 Å². The van der Waals surface area contributed by atoms with Gasteiger partial charge >= 0.3 is 0 Å². The van der Waals surface area contributed by atoms with E-state index in [9.17, 15) is 9.59 Å². The maximum absolute atomic E-state index is 13.8. The van der Waals surface area contributed by atoms with Crippen molar-refractivity contribution in [2.75, 3.05) is 27.9 Å². The smallest absolute Gasteiger partial charge is 0.254 e. The molecule has 2 aliphatic rings. The normalized spacial score (nSPS) is 18.1. The number of methoxy groups -OCH3 is 3.